The molecule has 1 spiro atoms. The lowest BCUT2D eigenvalue weighted by molar-refractivity contribution is -0.157. The molecule has 1 aromatic carbocycles. The Morgan fingerprint density at radius 3 is 1.85 bits per heavy atom. The summed E-state index contributed by atoms with van der Waals surface area (Å²) in [5.74, 6) is -7.51. The Kier molecular flexibility index (Phi) is 29.1. The van der Waals surface area contributed by atoms with E-state index < -0.39 is 151 Å². The minimum absolute atomic E-state index is 0.00832. The van der Waals surface area contributed by atoms with E-state index >= 15 is 19.2 Å². The summed E-state index contributed by atoms with van der Waals surface area (Å²) in [5.41, 5.74) is -0.874. The topological polar surface area (TPSA) is 279 Å². The minimum Gasteiger partial charge on any atom is -0.489 e. The Labute approximate surface area is 596 Å². The highest BCUT2D eigenvalue weighted by Crippen LogP contribution is 2.38. The van der Waals surface area contributed by atoms with Gasteiger partial charge in [-0.3, -0.25) is 57.5 Å². The van der Waals surface area contributed by atoms with Gasteiger partial charge in [0.2, 0.25) is 70.9 Å². The number of rotatable bonds is 11. The standard InChI is InChI=1S/C72H112Cl2N12O13/c1-13-46(4)62-69(96)80(8)43-59(89)78(6)44-60(90)82(10)54(39-48-26-17-14-18-27-48)67(94)79(7)42-57(87)75-52(32-31-49-38-51(73)61(74)56(40-49)99-45(2)3)66(93)86-37-25-30-53(86)65(92)77-72(33-21-22-34-72)71(98)84(12)63(50-28-19-15-20-29-50)70(97)83(11)55(68(95)85-35-23-16-24-36-85)41-58(88)81(9)47(5)64(91)76-62/h38,40,45-48,50,52-55,62-63H,13-37,39,41-44H2,1-12H3,(H,75,87)(H,76,91)(H,77,92)/t46-,47-,52-,53-,54-,55-,62-,63-/m0/s1. The van der Waals surface area contributed by atoms with Crippen LogP contribution in [-0.2, 0) is 64.0 Å². The summed E-state index contributed by atoms with van der Waals surface area (Å²) in [5, 5.41) is 9.31. The molecular formula is C72H112Cl2N12O13. The second-order valence-electron chi connectivity index (χ2n) is 29.4. The Hall–Kier alpha value is -6.76. The van der Waals surface area contributed by atoms with Crippen LogP contribution in [0.2, 0.25) is 10.0 Å². The molecule has 0 bridgehead atoms. The third kappa shape index (κ3) is 20.1. The predicted molar refractivity (Wildman–Crippen MR) is 376 cm³/mol. The van der Waals surface area contributed by atoms with E-state index in [0.717, 1.165) is 67.6 Å². The van der Waals surface area contributed by atoms with E-state index in [1.165, 1.54) is 78.6 Å². The molecule has 3 saturated heterocycles. The average molecular weight is 1420 g/mol. The molecule has 7 rings (SSSR count). The number of halogens is 2. The molecule has 6 fully saturated rings. The summed E-state index contributed by atoms with van der Waals surface area (Å²) >= 11 is 13.2. The van der Waals surface area contributed by atoms with Gasteiger partial charge in [-0.25, -0.2) is 0 Å². The number of carbonyl (C=O) groups is 12. The molecule has 25 nitrogen and oxygen atoms in total. The van der Waals surface area contributed by atoms with Crippen molar-refractivity contribution >= 4 is 94.1 Å². The lowest BCUT2D eigenvalue weighted by atomic mass is 9.81. The minimum atomic E-state index is -1.51. The number of ether oxygens (including phenoxy) is 1. The van der Waals surface area contributed by atoms with Crippen LogP contribution < -0.4 is 20.7 Å². The number of nitrogens with one attached hydrogen (secondary N) is 3. The maximum Gasteiger partial charge on any atom is 0.248 e. The fourth-order valence-corrected chi connectivity index (χ4v) is 15.7. The number of carbonyl (C=O) groups excluding carboxylic acids is 12. The number of aryl methyl sites for hydroxylation is 1. The van der Waals surface area contributed by atoms with Gasteiger partial charge >= 0.3 is 0 Å². The number of fused-ring (bicyclic) bond motifs is 1. The van der Waals surface area contributed by atoms with Crippen LogP contribution in [0.4, 0.5) is 0 Å². The summed E-state index contributed by atoms with van der Waals surface area (Å²) in [6.07, 6.45) is 12.8. The fraction of sp³-hybridized carbons (Fsp3) is 0.750. The molecule has 552 valence electrons. The zero-order valence-corrected chi connectivity index (χ0v) is 62.3. The highest BCUT2D eigenvalue weighted by Gasteiger charge is 2.51. The number of amides is 12. The number of likely N-dealkylation sites (tertiary alicyclic amines) is 1. The van der Waals surface area contributed by atoms with Crippen LogP contribution in [0.1, 0.15) is 188 Å². The lowest BCUT2D eigenvalue weighted by Gasteiger charge is -2.43. The van der Waals surface area contributed by atoms with Gasteiger partial charge < -0.3 is 64.8 Å². The van der Waals surface area contributed by atoms with Gasteiger partial charge in [0, 0.05) is 69.0 Å². The molecule has 3 saturated carbocycles. The molecule has 3 aliphatic carbocycles. The van der Waals surface area contributed by atoms with Crippen LogP contribution in [0.5, 0.6) is 5.75 Å². The van der Waals surface area contributed by atoms with E-state index in [4.69, 9.17) is 27.9 Å². The highest BCUT2D eigenvalue weighted by atomic mass is 35.5. The van der Waals surface area contributed by atoms with Gasteiger partial charge in [0.05, 0.1) is 37.2 Å². The van der Waals surface area contributed by atoms with Gasteiger partial charge in [-0.1, -0.05) is 108 Å². The first-order valence-electron chi connectivity index (χ1n) is 36.3. The Morgan fingerprint density at radius 1 is 0.616 bits per heavy atom. The van der Waals surface area contributed by atoms with E-state index in [0.29, 0.717) is 75.8 Å². The molecule has 1 aromatic rings. The van der Waals surface area contributed by atoms with E-state index in [2.05, 4.69) is 16.0 Å². The molecule has 3 aliphatic heterocycles. The summed E-state index contributed by atoms with van der Waals surface area (Å²) < 4.78 is 5.99. The number of piperidine rings is 1. The van der Waals surface area contributed by atoms with Crippen molar-refractivity contribution < 1.29 is 62.3 Å². The van der Waals surface area contributed by atoms with Crippen molar-refractivity contribution in [3.05, 3.63) is 27.7 Å². The molecular weight excluding hydrogens is 1310 g/mol. The van der Waals surface area contributed by atoms with Crippen molar-refractivity contribution in [3.63, 3.8) is 0 Å². The molecule has 3 N–H and O–H groups in total. The smallest absolute Gasteiger partial charge is 0.248 e. The van der Waals surface area contributed by atoms with Gasteiger partial charge in [-0.15, -0.1) is 0 Å². The van der Waals surface area contributed by atoms with E-state index in [1.54, 1.807) is 31.0 Å². The molecule has 3 heterocycles. The van der Waals surface area contributed by atoms with Crippen molar-refractivity contribution in [3.8, 4) is 5.75 Å². The second-order valence-corrected chi connectivity index (χ2v) is 30.2. The molecule has 8 atom stereocenters. The van der Waals surface area contributed by atoms with Crippen LogP contribution in [-0.4, -0.2) is 258 Å². The van der Waals surface area contributed by atoms with Gasteiger partial charge in [0.25, 0.3) is 0 Å². The van der Waals surface area contributed by atoms with E-state index in [-0.39, 0.29) is 73.1 Å². The van der Waals surface area contributed by atoms with Crippen molar-refractivity contribution in [1.29, 1.82) is 0 Å². The molecule has 0 aromatic heterocycles. The normalized spacial score (nSPS) is 26.9. The van der Waals surface area contributed by atoms with Crippen LogP contribution in [0, 0.1) is 17.8 Å². The third-order valence-electron chi connectivity index (χ3n) is 21.9. The van der Waals surface area contributed by atoms with Gasteiger partial charge in [-0.05, 0) is 133 Å². The SMILES string of the molecule is CC[C@H](C)[C@@H]1NC(=O)[C@H](C)N(C)C(=O)C[C@@H](C(=O)N2CCCCC2)N(C)C(=O)[C@H](C2CCCCC2)N(C)C(=O)C2(CCCC2)NC(=O)[C@@H]2CCCN2C(=O)[C@H](CCc2cc(Cl)c(Cl)c(OC(C)C)c2)NC(=O)CN(C)C(=O)[C@H](CC2CCCCC2)N(C)C(=O)CN(C)C(=O)CN(C)C1=O. The Morgan fingerprint density at radius 2 is 1.22 bits per heavy atom. The van der Waals surface area contributed by atoms with Crippen LogP contribution in [0.25, 0.3) is 0 Å². The maximum atomic E-state index is 15.7. The Balaban J connectivity index is 1.27. The summed E-state index contributed by atoms with van der Waals surface area (Å²) in [6, 6.07) is -4.93. The first-order valence-corrected chi connectivity index (χ1v) is 37.1. The Bertz CT molecular complexity index is 3080. The van der Waals surface area contributed by atoms with Crippen LogP contribution >= 0.6 is 23.2 Å². The number of likely N-dealkylation sites (N-methyl/N-ethyl adjacent to an activating group) is 7. The zero-order chi connectivity index (χ0) is 72.7. The van der Waals surface area contributed by atoms with Gasteiger partial charge in [0.1, 0.15) is 58.6 Å². The van der Waals surface area contributed by atoms with Gasteiger partial charge in [0.15, 0.2) is 0 Å². The summed E-state index contributed by atoms with van der Waals surface area (Å²) in [7, 11) is 10.2. The number of benzene rings is 1. The third-order valence-corrected chi connectivity index (χ3v) is 22.7. The van der Waals surface area contributed by atoms with Crippen LogP contribution in [0.3, 0.4) is 0 Å². The van der Waals surface area contributed by atoms with E-state index in [1.807, 2.05) is 20.8 Å². The van der Waals surface area contributed by atoms with Crippen molar-refractivity contribution in [2.24, 2.45) is 17.8 Å². The lowest BCUT2D eigenvalue weighted by Crippen LogP contribution is -2.65. The molecule has 27 heteroatoms. The fourth-order valence-electron chi connectivity index (χ4n) is 15.4. The van der Waals surface area contributed by atoms with Crippen molar-refractivity contribution in [1.82, 2.24) is 60.0 Å². The molecule has 99 heavy (non-hydrogen) atoms. The number of nitrogens with zero attached hydrogens (tertiary/aromatic N) is 9. The quantitative estimate of drug-likeness (QED) is 0.236. The molecule has 0 radical (unpaired) electrons. The first kappa shape index (κ1) is 79.6. The largest absolute Gasteiger partial charge is 0.489 e. The molecule has 12 amide bonds. The summed E-state index contributed by atoms with van der Waals surface area (Å²) in [4.78, 5) is 190. The first-order chi connectivity index (χ1) is 46.9. The molecule has 0 unspecified atom stereocenters. The maximum absolute atomic E-state index is 15.7. The number of hydrogen-bond acceptors (Lipinski definition) is 13. The van der Waals surface area contributed by atoms with Crippen molar-refractivity contribution in [2.75, 3.05) is 88.6 Å². The van der Waals surface area contributed by atoms with Gasteiger partial charge in [-0.2, -0.15) is 0 Å². The van der Waals surface area contributed by atoms with Crippen molar-refractivity contribution in [2.45, 2.75) is 243 Å². The number of hydrogen-bond donors (Lipinski definition) is 3. The predicted octanol–water partition coefficient (Wildman–Crippen LogP) is 5.82. The highest BCUT2D eigenvalue weighted by molar-refractivity contribution is 6.43. The van der Waals surface area contributed by atoms with E-state index in [9.17, 15) is 38.4 Å². The second kappa shape index (κ2) is 36.2. The average Bonchev–Trinajstić information content (AvgIpc) is 1.76. The summed E-state index contributed by atoms with van der Waals surface area (Å²) in [6.45, 7) is 8.20. The monoisotopic (exact) mass is 1420 g/mol. The molecule has 6 aliphatic rings. The van der Waals surface area contributed by atoms with Crippen LogP contribution in [0.15, 0.2) is 12.1 Å². The zero-order valence-electron chi connectivity index (χ0n) is 60.8.